The Morgan fingerprint density at radius 1 is 1.36 bits per heavy atom. The normalized spacial score (nSPS) is 19.1. The van der Waals surface area contributed by atoms with Gasteiger partial charge >= 0.3 is 12.1 Å². The molecule has 2 fully saturated rings. The average molecular weight is 358 g/mol. The SMILES string of the molecule is C=CCN1CCC2(C1)CN(c1ccc(C)nn1)C2.O=C(O)C(F)(F)F. The first-order valence-electron chi connectivity index (χ1n) is 7.84. The molecule has 1 N–H and O–H groups in total. The van der Waals surface area contributed by atoms with Gasteiger partial charge in [0.25, 0.3) is 0 Å². The van der Waals surface area contributed by atoms with Crippen molar-refractivity contribution < 1.29 is 23.1 Å². The molecule has 0 atom stereocenters. The van der Waals surface area contributed by atoms with Crippen LogP contribution in [0, 0.1) is 12.3 Å². The van der Waals surface area contributed by atoms with Gasteiger partial charge in [-0.05, 0) is 32.0 Å². The van der Waals surface area contributed by atoms with Crippen LogP contribution >= 0.6 is 0 Å². The number of aryl methyl sites for hydroxylation is 1. The number of nitrogens with zero attached hydrogens (tertiary/aromatic N) is 4. The Hall–Kier alpha value is -2.16. The lowest BCUT2D eigenvalue weighted by Crippen LogP contribution is -2.58. The van der Waals surface area contributed by atoms with E-state index < -0.39 is 12.1 Å². The zero-order valence-corrected chi connectivity index (χ0v) is 14.0. The van der Waals surface area contributed by atoms with Crippen LogP contribution < -0.4 is 4.90 Å². The number of anilines is 1. The molecule has 1 aromatic rings. The highest BCUT2D eigenvalue weighted by Crippen LogP contribution is 2.40. The van der Waals surface area contributed by atoms with E-state index >= 15 is 0 Å². The van der Waals surface area contributed by atoms with E-state index in [0.29, 0.717) is 5.41 Å². The largest absolute Gasteiger partial charge is 0.490 e. The molecule has 25 heavy (non-hydrogen) atoms. The van der Waals surface area contributed by atoms with Gasteiger partial charge in [-0.3, -0.25) is 4.90 Å². The molecule has 1 aromatic heterocycles. The summed E-state index contributed by atoms with van der Waals surface area (Å²) in [7, 11) is 0. The number of rotatable bonds is 3. The van der Waals surface area contributed by atoms with E-state index in [-0.39, 0.29) is 0 Å². The Labute approximate surface area is 143 Å². The van der Waals surface area contributed by atoms with Crippen LogP contribution in [-0.2, 0) is 4.79 Å². The third-order valence-electron chi connectivity index (χ3n) is 4.31. The van der Waals surface area contributed by atoms with Crippen molar-refractivity contribution in [3.05, 3.63) is 30.5 Å². The van der Waals surface area contributed by atoms with Crippen LogP contribution in [0.4, 0.5) is 19.0 Å². The summed E-state index contributed by atoms with van der Waals surface area (Å²) in [6, 6.07) is 4.11. The van der Waals surface area contributed by atoms with Crippen LogP contribution in [0.25, 0.3) is 0 Å². The van der Waals surface area contributed by atoms with Crippen molar-refractivity contribution in [1.29, 1.82) is 0 Å². The Bertz CT molecular complexity index is 613. The van der Waals surface area contributed by atoms with Gasteiger partial charge in [0.2, 0.25) is 0 Å². The van der Waals surface area contributed by atoms with E-state index in [1.165, 1.54) is 19.5 Å². The Balaban J connectivity index is 0.000000277. The second-order valence-corrected chi connectivity index (χ2v) is 6.47. The minimum absolute atomic E-state index is 0.496. The van der Waals surface area contributed by atoms with Crippen molar-refractivity contribution >= 4 is 11.8 Å². The molecule has 138 valence electrons. The molecule has 2 aliphatic rings. The highest BCUT2D eigenvalue weighted by Gasteiger charge is 2.47. The molecular weight excluding hydrogens is 337 g/mol. The molecule has 0 saturated carbocycles. The summed E-state index contributed by atoms with van der Waals surface area (Å²) in [5.41, 5.74) is 1.47. The average Bonchev–Trinajstić information content (AvgIpc) is 2.91. The summed E-state index contributed by atoms with van der Waals surface area (Å²) in [4.78, 5) is 13.7. The molecule has 3 rings (SSSR count). The molecule has 2 saturated heterocycles. The fourth-order valence-electron chi connectivity index (χ4n) is 3.11. The molecular formula is C16H21F3N4O2. The summed E-state index contributed by atoms with van der Waals surface area (Å²) in [5, 5.41) is 15.5. The third kappa shape index (κ3) is 4.91. The van der Waals surface area contributed by atoms with Crippen LogP contribution in [-0.4, -0.2) is 65.1 Å². The summed E-state index contributed by atoms with van der Waals surface area (Å²) >= 11 is 0. The number of hydrogen-bond donors (Lipinski definition) is 1. The summed E-state index contributed by atoms with van der Waals surface area (Å²) in [6.45, 7) is 11.5. The summed E-state index contributed by atoms with van der Waals surface area (Å²) in [6.07, 6.45) is -1.78. The lowest BCUT2D eigenvalue weighted by molar-refractivity contribution is -0.192. The van der Waals surface area contributed by atoms with Crippen molar-refractivity contribution in [2.75, 3.05) is 37.6 Å². The van der Waals surface area contributed by atoms with Crippen molar-refractivity contribution in [2.24, 2.45) is 5.41 Å². The van der Waals surface area contributed by atoms with E-state index in [0.717, 1.165) is 31.1 Å². The van der Waals surface area contributed by atoms with E-state index in [9.17, 15) is 13.2 Å². The molecule has 0 aliphatic carbocycles. The minimum Gasteiger partial charge on any atom is -0.475 e. The Morgan fingerprint density at radius 2 is 2.00 bits per heavy atom. The third-order valence-corrected chi connectivity index (χ3v) is 4.31. The van der Waals surface area contributed by atoms with Gasteiger partial charge in [0, 0.05) is 31.6 Å². The van der Waals surface area contributed by atoms with Gasteiger partial charge in [-0.25, -0.2) is 4.79 Å². The number of carbonyl (C=O) groups is 1. The maximum absolute atomic E-state index is 10.6. The number of aliphatic carboxylic acids is 1. The first kappa shape index (κ1) is 19.2. The topological polar surface area (TPSA) is 69.6 Å². The molecule has 1 spiro atoms. The number of hydrogen-bond acceptors (Lipinski definition) is 5. The lowest BCUT2D eigenvalue weighted by atomic mass is 9.79. The Morgan fingerprint density at radius 3 is 2.48 bits per heavy atom. The molecule has 6 nitrogen and oxygen atoms in total. The highest BCUT2D eigenvalue weighted by molar-refractivity contribution is 5.73. The van der Waals surface area contributed by atoms with Gasteiger partial charge < -0.3 is 10.0 Å². The molecule has 2 aliphatic heterocycles. The second-order valence-electron chi connectivity index (χ2n) is 6.47. The molecule has 9 heteroatoms. The summed E-state index contributed by atoms with van der Waals surface area (Å²) < 4.78 is 31.7. The van der Waals surface area contributed by atoms with Crippen molar-refractivity contribution in [3.63, 3.8) is 0 Å². The monoisotopic (exact) mass is 358 g/mol. The van der Waals surface area contributed by atoms with Crippen LogP contribution in [0.3, 0.4) is 0 Å². The first-order valence-corrected chi connectivity index (χ1v) is 7.84. The van der Waals surface area contributed by atoms with Gasteiger partial charge in [0.15, 0.2) is 5.82 Å². The van der Waals surface area contributed by atoms with Gasteiger partial charge in [0.1, 0.15) is 0 Å². The number of aromatic nitrogens is 2. The van der Waals surface area contributed by atoms with Gasteiger partial charge in [-0.15, -0.1) is 11.7 Å². The quantitative estimate of drug-likeness (QED) is 0.835. The van der Waals surface area contributed by atoms with Crippen LogP contribution in [0.5, 0.6) is 0 Å². The maximum Gasteiger partial charge on any atom is 0.490 e. The Kier molecular flexibility index (Phi) is 5.66. The second kappa shape index (κ2) is 7.38. The fraction of sp³-hybridized carbons (Fsp3) is 0.562. The van der Waals surface area contributed by atoms with Crippen LogP contribution in [0.15, 0.2) is 24.8 Å². The number of likely N-dealkylation sites (tertiary alicyclic amines) is 1. The van der Waals surface area contributed by atoms with Gasteiger partial charge in [-0.2, -0.15) is 18.3 Å². The molecule has 0 aromatic carbocycles. The van der Waals surface area contributed by atoms with E-state index in [2.05, 4.69) is 32.6 Å². The number of carboxylic acid groups (broad SMARTS) is 1. The number of halogens is 3. The number of carboxylic acids is 1. The lowest BCUT2D eigenvalue weighted by Gasteiger charge is -2.48. The molecule has 0 radical (unpaired) electrons. The highest BCUT2D eigenvalue weighted by atomic mass is 19.4. The van der Waals surface area contributed by atoms with Crippen molar-refractivity contribution in [3.8, 4) is 0 Å². The molecule has 3 heterocycles. The van der Waals surface area contributed by atoms with Crippen molar-refractivity contribution in [2.45, 2.75) is 19.5 Å². The van der Waals surface area contributed by atoms with E-state index in [4.69, 9.17) is 9.90 Å². The first-order chi connectivity index (χ1) is 11.6. The summed E-state index contributed by atoms with van der Waals surface area (Å²) in [5.74, 6) is -1.74. The molecule has 0 unspecified atom stereocenters. The predicted molar refractivity (Wildman–Crippen MR) is 86.4 cm³/mol. The smallest absolute Gasteiger partial charge is 0.475 e. The van der Waals surface area contributed by atoms with Crippen molar-refractivity contribution in [1.82, 2.24) is 15.1 Å². The number of alkyl halides is 3. The standard InChI is InChI=1S/C14H20N4.C2HF3O2/c1-3-7-17-8-6-14(9-17)10-18(11-14)13-5-4-12(2)15-16-13;3-2(4,5)1(6)7/h3-5H,1,6-11H2,2H3;(H,6,7). The van der Waals surface area contributed by atoms with Crippen LogP contribution in [0.2, 0.25) is 0 Å². The van der Waals surface area contributed by atoms with E-state index in [1.807, 2.05) is 19.1 Å². The molecule has 0 amide bonds. The van der Waals surface area contributed by atoms with Crippen LogP contribution in [0.1, 0.15) is 12.1 Å². The maximum atomic E-state index is 10.6. The zero-order valence-electron chi connectivity index (χ0n) is 14.0. The minimum atomic E-state index is -5.08. The van der Waals surface area contributed by atoms with Gasteiger partial charge in [-0.1, -0.05) is 6.08 Å². The van der Waals surface area contributed by atoms with E-state index in [1.54, 1.807) is 0 Å². The fourth-order valence-corrected chi connectivity index (χ4v) is 3.11. The predicted octanol–water partition coefficient (Wildman–Crippen LogP) is 2.12. The van der Waals surface area contributed by atoms with Gasteiger partial charge in [0.05, 0.1) is 5.69 Å². The zero-order chi connectivity index (χ0) is 18.7. The molecule has 0 bridgehead atoms.